The van der Waals surface area contributed by atoms with Crippen molar-refractivity contribution in [1.82, 2.24) is 40.4 Å². The molecule has 0 radical (unpaired) electrons. The number of carbonyl (C=O) groups is 4. The molecule has 16 heteroatoms. The van der Waals surface area contributed by atoms with Gasteiger partial charge in [-0.2, -0.15) is 0 Å². The van der Waals surface area contributed by atoms with Gasteiger partial charge in [0.25, 0.3) is 5.91 Å². The molecule has 0 spiro atoms. The van der Waals surface area contributed by atoms with Crippen LogP contribution in [0, 0.1) is 5.92 Å². The Labute approximate surface area is 379 Å². The number of allylic oxidation sites excluding steroid dienone is 2. The zero-order chi connectivity index (χ0) is 42.9. The molecule has 332 valence electrons. The molecule has 4 N–H and O–H groups in total. The number of amides is 4. The highest BCUT2D eigenvalue weighted by atomic mass is 35.5. The third kappa shape index (κ3) is 11.2. The standard InChI is InChI=1S/C47H52N8O6.2ClH/c1-30(2)40(52-46(58)60-3)44(56)54-25-13-21-38(54)42-48-28-35(50-42)20-12-11-17-32-23-24-34(27-36(32)31-15-7-5-8-16-31)37-29-49-43(51-37)39-22-14-26-55(39)45(57)41(53-47(59)61-4)33-18-9-6-10-19-33;;/h5-12,15-20,23-24,27-30,38-41H,13-14,21-22,25-26H2,1-4H3,(H,48,50)(H,49,51)(H,52,58)(H,53,59);2*1H/t38-,39-,40-,41+;;/m0../s1. The number of ether oxygens (including phenoxy) is 2. The van der Waals surface area contributed by atoms with Gasteiger partial charge in [0, 0.05) is 18.7 Å². The van der Waals surface area contributed by atoms with Crippen molar-refractivity contribution in [3.05, 3.63) is 132 Å². The number of aromatic nitrogens is 4. The fourth-order valence-electron chi connectivity index (χ4n) is 8.10. The maximum Gasteiger partial charge on any atom is 0.407 e. The maximum atomic E-state index is 14.0. The Hall–Kier alpha value is -6.38. The molecular weight excluding hydrogens is 843 g/mol. The van der Waals surface area contributed by atoms with Crippen LogP contribution in [0.25, 0.3) is 34.5 Å². The largest absolute Gasteiger partial charge is 0.453 e. The Morgan fingerprint density at radius 3 is 1.95 bits per heavy atom. The summed E-state index contributed by atoms with van der Waals surface area (Å²) in [5, 5.41) is 5.41. The van der Waals surface area contributed by atoms with Crippen molar-refractivity contribution >= 4 is 61.0 Å². The van der Waals surface area contributed by atoms with Crippen LogP contribution in [0.4, 0.5) is 9.59 Å². The quantitative estimate of drug-likeness (QED) is 0.0849. The minimum Gasteiger partial charge on any atom is -0.453 e. The van der Waals surface area contributed by atoms with Crippen LogP contribution in [-0.2, 0) is 19.1 Å². The number of carbonyl (C=O) groups excluding carboxylic acids is 4. The van der Waals surface area contributed by atoms with Crippen LogP contribution in [0.2, 0.25) is 0 Å². The summed E-state index contributed by atoms with van der Waals surface area (Å²) in [7, 11) is 2.57. The third-order valence-electron chi connectivity index (χ3n) is 11.2. The van der Waals surface area contributed by atoms with Crippen molar-refractivity contribution in [3.8, 4) is 22.4 Å². The summed E-state index contributed by atoms with van der Waals surface area (Å²) in [5.41, 5.74) is 6.35. The van der Waals surface area contributed by atoms with Crippen LogP contribution in [-0.4, -0.2) is 87.1 Å². The lowest BCUT2D eigenvalue weighted by Gasteiger charge is -2.29. The number of imidazole rings is 2. The molecule has 4 amide bonds. The Morgan fingerprint density at radius 1 is 0.714 bits per heavy atom. The Morgan fingerprint density at radius 2 is 1.30 bits per heavy atom. The zero-order valence-electron chi connectivity index (χ0n) is 35.7. The predicted molar refractivity (Wildman–Crippen MR) is 247 cm³/mol. The average Bonchev–Trinajstić information content (AvgIpc) is 4.14. The van der Waals surface area contributed by atoms with Crippen molar-refractivity contribution in [2.24, 2.45) is 5.92 Å². The van der Waals surface area contributed by atoms with Crippen LogP contribution in [0.15, 0.2) is 103 Å². The molecule has 7 rings (SSSR count). The van der Waals surface area contributed by atoms with Gasteiger partial charge in [0.2, 0.25) is 5.91 Å². The smallest absolute Gasteiger partial charge is 0.407 e. The normalized spacial score (nSPS) is 17.0. The van der Waals surface area contributed by atoms with Gasteiger partial charge in [-0.25, -0.2) is 19.6 Å². The Bertz CT molecular complexity index is 2380. The van der Waals surface area contributed by atoms with Gasteiger partial charge >= 0.3 is 12.2 Å². The lowest BCUT2D eigenvalue weighted by Crippen LogP contribution is -2.51. The number of H-pyrrole nitrogens is 2. The molecule has 0 aliphatic carbocycles. The number of halogens is 2. The number of hydrogen-bond acceptors (Lipinski definition) is 8. The first-order valence-electron chi connectivity index (χ1n) is 20.6. The van der Waals surface area contributed by atoms with E-state index in [1.54, 1.807) is 22.2 Å². The first-order chi connectivity index (χ1) is 29.6. The molecule has 0 saturated carbocycles. The molecule has 2 saturated heterocycles. The van der Waals surface area contributed by atoms with Gasteiger partial charge in [-0.3, -0.25) is 9.59 Å². The minimum absolute atomic E-state index is 0. The first kappa shape index (κ1) is 47.7. The van der Waals surface area contributed by atoms with Gasteiger partial charge in [-0.1, -0.05) is 105 Å². The van der Waals surface area contributed by atoms with Gasteiger partial charge in [-0.15, -0.1) is 24.8 Å². The van der Waals surface area contributed by atoms with Crippen LogP contribution < -0.4 is 10.6 Å². The third-order valence-corrected chi connectivity index (χ3v) is 11.2. The highest BCUT2D eigenvalue weighted by Gasteiger charge is 2.38. The number of rotatable bonds is 13. The van der Waals surface area contributed by atoms with E-state index in [0.717, 1.165) is 59.3 Å². The van der Waals surface area contributed by atoms with E-state index in [0.29, 0.717) is 30.3 Å². The van der Waals surface area contributed by atoms with Crippen molar-refractivity contribution < 1.29 is 28.7 Å². The van der Waals surface area contributed by atoms with Gasteiger partial charge in [0.1, 0.15) is 23.7 Å². The van der Waals surface area contributed by atoms with Gasteiger partial charge in [0.15, 0.2) is 0 Å². The van der Waals surface area contributed by atoms with Crippen molar-refractivity contribution in [1.29, 1.82) is 0 Å². The number of benzene rings is 3. The molecule has 4 heterocycles. The van der Waals surface area contributed by atoms with Gasteiger partial charge in [-0.05, 0) is 66.0 Å². The molecule has 3 aromatic carbocycles. The molecule has 2 aromatic heterocycles. The number of nitrogens with one attached hydrogen (secondary N) is 4. The SMILES string of the molecule is COC(=O)N[C@H](C(=O)N1CCC[C@H]1c1ncc(C=CC=Cc2ccc(-c3cnc([C@@H]4CCCN4C(=O)[C@H](NC(=O)OC)c4ccccc4)[nH]3)cc2-c2ccccc2)[nH]1)C(C)C.Cl.Cl. The lowest BCUT2D eigenvalue weighted by molar-refractivity contribution is -0.135. The van der Waals surface area contributed by atoms with Crippen LogP contribution in [0.3, 0.4) is 0 Å². The number of likely N-dealkylation sites (tertiary alicyclic amines) is 2. The first-order valence-corrected chi connectivity index (χ1v) is 20.6. The van der Waals surface area contributed by atoms with E-state index < -0.39 is 24.3 Å². The lowest BCUT2D eigenvalue weighted by atomic mass is 9.96. The molecule has 2 aliphatic rings. The van der Waals surface area contributed by atoms with E-state index in [2.05, 4.69) is 62.0 Å². The second-order valence-corrected chi connectivity index (χ2v) is 15.5. The number of hydrogen-bond donors (Lipinski definition) is 4. The van der Waals surface area contributed by atoms with Crippen LogP contribution >= 0.6 is 24.8 Å². The van der Waals surface area contributed by atoms with E-state index in [1.165, 1.54) is 14.2 Å². The summed E-state index contributed by atoms with van der Waals surface area (Å²) in [6.45, 7) is 4.92. The van der Waals surface area contributed by atoms with Gasteiger partial charge in [0.05, 0.1) is 50.1 Å². The minimum atomic E-state index is -0.897. The van der Waals surface area contributed by atoms with Crippen molar-refractivity contribution in [2.75, 3.05) is 27.3 Å². The second kappa shape index (κ2) is 22.1. The summed E-state index contributed by atoms with van der Waals surface area (Å²) >= 11 is 0. The summed E-state index contributed by atoms with van der Waals surface area (Å²) in [4.78, 5) is 71.7. The monoisotopic (exact) mass is 896 g/mol. The highest BCUT2D eigenvalue weighted by molar-refractivity contribution is 5.88. The highest BCUT2D eigenvalue weighted by Crippen LogP contribution is 2.36. The molecule has 0 unspecified atom stereocenters. The van der Waals surface area contributed by atoms with Crippen LogP contribution in [0.5, 0.6) is 0 Å². The van der Waals surface area contributed by atoms with E-state index in [1.807, 2.05) is 80.6 Å². The van der Waals surface area contributed by atoms with Crippen LogP contribution in [0.1, 0.15) is 86.1 Å². The number of methoxy groups -OCH3 is 2. The molecule has 63 heavy (non-hydrogen) atoms. The maximum absolute atomic E-state index is 14.0. The molecule has 2 fully saturated rings. The number of nitrogens with zero attached hydrogens (tertiary/aromatic N) is 4. The van der Waals surface area contributed by atoms with E-state index in [-0.39, 0.29) is 54.6 Å². The van der Waals surface area contributed by atoms with E-state index >= 15 is 0 Å². The predicted octanol–water partition coefficient (Wildman–Crippen LogP) is 8.84. The zero-order valence-corrected chi connectivity index (χ0v) is 37.3. The number of aromatic amines is 2. The molecule has 0 bridgehead atoms. The molecule has 14 nitrogen and oxygen atoms in total. The summed E-state index contributed by atoms with van der Waals surface area (Å²) in [5.74, 6) is 0.907. The van der Waals surface area contributed by atoms with E-state index in [4.69, 9.17) is 14.5 Å². The Balaban J connectivity index is 0.00000374. The topological polar surface area (TPSA) is 175 Å². The Kier molecular flexibility index (Phi) is 16.7. The summed E-state index contributed by atoms with van der Waals surface area (Å²) in [6.07, 6.45) is 13.3. The molecular formula is C47H54Cl2N8O6. The summed E-state index contributed by atoms with van der Waals surface area (Å²) < 4.78 is 9.61. The van der Waals surface area contributed by atoms with E-state index in [9.17, 15) is 19.2 Å². The summed E-state index contributed by atoms with van der Waals surface area (Å²) in [6, 6.07) is 23.5. The number of alkyl carbamates (subject to hydrolysis) is 2. The van der Waals surface area contributed by atoms with Crippen molar-refractivity contribution in [2.45, 2.75) is 63.7 Å². The van der Waals surface area contributed by atoms with Crippen molar-refractivity contribution in [3.63, 3.8) is 0 Å². The molecule has 2 aliphatic heterocycles. The average molecular weight is 898 g/mol. The fraction of sp³-hybridized carbons (Fsp3) is 0.319. The molecule has 4 atom stereocenters. The molecule has 5 aromatic rings. The fourth-order valence-corrected chi connectivity index (χ4v) is 8.10. The van der Waals surface area contributed by atoms with Gasteiger partial charge < -0.3 is 39.9 Å². The second-order valence-electron chi connectivity index (χ2n) is 15.5.